The second-order valence-corrected chi connectivity index (χ2v) is 8.23. The highest BCUT2D eigenvalue weighted by Gasteiger charge is 2.22. The van der Waals surface area contributed by atoms with Crippen molar-refractivity contribution in [2.45, 2.75) is 19.5 Å². The van der Waals surface area contributed by atoms with E-state index in [1.807, 2.05) is 12.1 Å². The predicted octanol–water partition coefficient (Wildman–Crippen LogP) is 3.01. The maximum atomic E-state index is 13.3. The zero-order valence-electron chi connectivity index (χ0n) is 17.7. The van der Waals surface area contributed by atoms with Crippen LogP contribution in [-0.4, -0.2) is 30.4 Å². The number of nitrogens with two attached hydrogens (primary N) is 1. The van der Waals surface area contributed by atoms with Crippen molar-refractivity contribution in [3.8, 4) is 11.8 Å². The van der Waals surface area contributed by atoms with Crippen LogP contribution in [0.3, 0.4) is 0 Å². The van der Waals surface area contributed by atoms with Crippen LogP contribution in [0.4, 0.5) is 5.69 Å². The molecule has 0 amide bonds. The quantitative estimate of drug-likeness (QED) is 0.385. The molecular formula is C22H21Cl2N5O4. The van der Waals surface area contributed by atoms with Crippen molar-refractivity contribution in [1.82, 2.24) is 18.7 Å². The van der Waals surface area contributed by atoms with Crippen LogP contribution in [0.15, 0.2) is 52.1 Å². The Labute approximate surface area is 198 Å². The Morgan fingerprint density at radius 3 is 2.52 bits per heavy atom. The highest BCUT2D eigenvalue weighted by Crippen LogP contribution is 2.34. The van der Waals surface area contributed by atoms with E-state index in [4.69, 9.17) is 33.7 Å². The first-order valence-corrected chi connectivity index (χ1v) is 10.8. The van der Waals surface area contributed by atoms with Crippen LogP contribution < -0.4 is 21.7 Å². The van der Waals surface area contributed by atoms with Gasteiger partial charge in [0, 0.05) is 25.2 Å². The van der Waals surface area contributed by atoms with Gasteiger partial charge in [-0.1, -0.05) is 41.4 Å². The standard InChI is InChI=1S/C22H21Cl2N5O4/c1-27-19-18(20(31)28(22(27)32)10-3-11-30)29(12-13-6-8-14(23)9-7-13)21(26-19)33-16-5-2-4-15(25)17(16)24/h2,4-9,30H,3,10-12,25H2,1H3. The van der Waals surface area contributed by atoms with E-state index in [1.165, 1.54) is 11.6 Å². The number of anilines is 1. The Kier molecular flexibility index (Phi) is 6.46. The van der Waals surface area contributed by atoms with E-state index in [-0.39, 0.29) is 54.1 Å². The fraction of sp³-hybridized carbons (Fsp3) is 0.227. The topological polar surface area (TPSA) is 117 Å². The van der Waals surface area contributed by atoms with Gasteiger partial charge in [-0.3, -0.25) is 18.5 Å². The van der Waals surface area contributed by atoms with E-state index in [1.54, 1.807) is 34.9 Å². The van der Waals surface area contributed by atoms with Crippen LogP contribution in [0, 0.1) is 0 Å². The molecule has 172 valence electrons. The number of fused-ring (bicyclic) bond motifs is 1. The SMILES string of the molecule is Cn1c(=O)n(CCCO)c(=O)c2c1nc(Oc1cccc(N)c1Cl)n2Cc1ccc(Cl)cc1. The van der Waals surface area contributed by atoms with Gasteiger partial charge < -0.3 is 15.6 Å². The molecule has 33 heavy (non-hydrogen) atoms. The number of aliphatic hydroxyl groups excluding tert-OH is 1. The lowest BCUT2D eigenvalue weighted by Crippen LogP contribution is -2.39. The Balaban J connectivity index is 1.95. The molecule has 0 fully saturated rings. The van der Waals surface area contributed by atoms with Crippen LogP contribution in [0.1, 0.15) is 12.0 Å². The number of aromatic nitrogens is 4. The minimum atomic E-state index is -0.536. The summed E-state index contributed by atoms with van der Waals surface area (Å²) in [7, 11) is 1.52. The Morgan fingerprint density at radius 1 is 1.09 bits per heavy atom. The molecule has 2 aromatic heterocycles. The molecule has 0 saturated carbocycles. The summed E-state index contributed by atoms with van der Waals surface area (Å²) < 4.78 is 9.92. The number of rotatable bonds is 7. The number of nitrogens with zero attached hydrogens (tertiary/aromatic N) is 4. The molecule has 0 aliphatic rings. The van der Waals surface area contributed by atoms with Crippen molar-refractivity contribution in [2.24, 2.45) is 7.05 Å². The number of hydrogen-bond acceptors (Lipinski definition) is 6. The maximum Gasteiger partial charge on any atom is 0.332 e. The molecule has 11 heteroatoms. The van der Waals surface area contributed by atoms with Crippen molar-refractivity contribution in [3.63, 3.8) is 0 Å². The third-order valence-electron chi connectivity index (χ3n) is 5.19. The molecule has 0 radical (unpaired) electrons. The van der Waals surface area contributed by atoms with Crippen LogP contribution in [0.5, 0.6) is 11.8 Å². The number of halogens is 2. The summed E-state index contributed by atoms with van der Waals surface area (Å²) in [5.74, 6) is 0.259. The number of nitrogen functional groups attached to an aromatic ring is 1. The first-order valence-electron chi connectivity index (χ1n) is 10.1. The van der Waals surface area contributed by atoms with Gasteiger partial charge in [0.1, 0.15) is 5.02 Å². The fourth-order valence-electron chi connectivity index (χ4n) is 3.48. The molecule has 9 nitrogen and oxygen atoms in total. The number of hydrogen-bond donors (Lipinski definition) is 2. The minimum Gasteiger partial charge on any atom is -0.424 e. The van der Waals surface area contributed by atoms with Crippen molar-refractivity contribution in [1.29, 1.82) is 0 Å². The number of aliphatic hydroxyl groups is 1. The Hall–Kier alpha value is -3.27. The zero-order valence-corrected chi connectivity index (χ0v) is 19.2. The first kappa shape index (κ1) is 22.9. The molecule has 0 atom stereocenters. The largest absolute Gasteiger partial charge is 0.424 e. The van der Waals surface area contributed by atoms with Crippen LogP contribution >= 0.6 is 23.2 Å². The minimum absolute atomic E-state index is 0.0689. The van der Waals surface area contributed by atoms with Gasteiger partial charge in [0.15, 0.2) is 16.9 Å². The molecule has 4 rings (SSSR count). The number of imidazole rings is 1. The van der Waals surface area contributed by atoms with Crippen molar-refractivity contribution < 1.29 is 9.84 Å². The molecule has 0 saturated heterocycles. The van der Waals surface area contributed by atoms with E-state index in [9.17, 15) is 14.7 Å². The first-order chi connectivity index (χ1) is 15.8. The van der Waals surface area contributed by atoms with Gasteiger partial charge in [-0.15, -0.1) is 0 Å². The lowest BCUT2D eigenvalue weighted by molar-refractivity contribution is 0.277. The number of ether oxygens (including phenoxy) is 1. The van der Waals surface area contributed by atoms with Gasteiger partial charge in [-0.05, 0) is 36.2 Å². The van der Waals surface area contributed by atoms with Crippen molar-refractivity contribution in [2.75, 3.05) is 12.3 Å². The smallest absolute Gasteiger partial charge is 0.332 e. The summed E-state index contributed by atoms with van der Waals surface area (Å²) in [4.78, 5) is 30.6. The lowest BCUT2D eigenvalue weighted by atomic mass is 10.2. The summed E-state index contributed by atoms with van der Waals surface area (Å²) in [5, 5.41) is 9.97. The molecule has 2 heterocycles. The van der Waals surface area contributed by atoms with E-state index in [0.717, 1.165) is 10.1 Å². The number of benzene rings is 2. The maximum absolute atomic E-state index is 13.3. The summed E-state index contributed by atoms with van der Waals surface area (Å²) in [5.41, 5.74) is 6.32. The summed E-state index contributed by atoms with van der Waals surface area (Å²) in [6, 6.07) is 12.1. The molecule has 0 unspecified atom stereocenters. The van der Waals surface area contributed by atoms with E-state index >= 15 is 0 Å². The zero-order chi connectivity index (χ0) is 23.7. The Bertz CT molecular complexity index is 1440. The molecule has 4 aromatic rings. The van der Waals surface area contributed by atoms with Crippen LogP contribution in [0.25, 0.3) is 11.2 Å². The normalized spacial score (nSPS) is 11.3. The second kappa shape index (κ2) is 9.30. The van der Waals surface area contributed by atoms with Gasteiger partial charge in [0.2, 0.25) is 0 Å². The summed E-state index contributed by atoms with van der Waals surface area (Å²) >= 11 is 12.3. The highest BCUT2D eigenvalue weighted by molar-refractivity contribution is 6.34. The fourth-order valence-corrected chi connectivity index (χ4v) is 3.77. The molecule has 0 aliphatic heterocycles. The molecule has 3 N–H and O–H groups in total. The Morgan fingerprint density at radius 2 is 1.82 bits per heavy atom. The predicted molar refractivity (Wildman–Crippen MR) is 127 cm³/mol. The van der Waals surface area contributed by atoms with Gasteiger partial charge in [0.05, 0.1) is 12.2 Å². The monoisotopic (exact) mass is 489 g/mol. The molecule has 0 bridgehead atoms. The van der Waals surface area contributed by atoms with Crippen molar-refractivity contribution >= 4 is 40.1 Å². The van der Waals surface area contributed by atoms with E-state index in [2.05, 4.69) is 4.98 Å². The molecule has 0 spiro atoms. The van der Waals surface area contributed by atoms with E-state index < -0.39 is 11.2 Å². The molecule has 2 aromatic carbocycles. The lowest BCUT2D eigenvalue weighted by Gasteiger charge is -2.12. The van der Waals surface area contributed by atoms with Gasteiger partial charge >= 0.3 is 11.7 Å². The van der Waals surface area contributed by atoms with Gasteiger partial charge in [-0.25, -0.2) is 4.79 Å². The second-order valence-electron chi connectivity index (χ2n) is 7.42. The van der Waals surface area contributed by atoms with Gasteiger partial charge in [0.25, 0.3) is 5.56 Å². The van der Waals surface area contributed by atoms with E-state index in [0.29, 0.717) is 10.7 Å². The molecular weight excluding hydrogens is 469 g/mol. The highest BCUT2D eigenvalue weighted by atomic mass is 35.5. The van der Waals surface area contributed by atoms with Crippen LogP contribution in [-0.2, 0) is 20.1 Å². The van der Waals surface area contributed by atoms with Crippen LogP contribution in [0.2, 0.25) is 10.0 Å². The average molecular weight is 490 g/mol. The van der Waals surface area contributed by atoms with Gasteiger partial charge in [-0.2, -0.15) is 4.98 Å². The third-order valence-corrected chi connectivity index (χ3v) is 5.84. The third kappa shape index (κ3) is 4.35. The summed E-state index contributed by atoms with van der Waals surface area (Å²) in [6.07, 6.45) is 0.258. The van der Waals surface area contributed by atoms with Crippen molar-refractivity contribution in [3.05, 3.63) is 78.9 Å². The summed E-state index contributed by atoms with van der Waals surface area (Å²) in [6.45, 7) is 0.137. The average Bonchev–Trinajstić information content (AvgIpc) is 3.15. The molecule has 0 aliphatic carbocycles. The number of aryl methyl sites for hydroxylation is 1.